The molecule has 1 rings (SSSR count). The summed E-state index contributed by atoms with van der Waals surface area (Å²) in [4.78, 5) is 21.5. The van der Waals surface area contributed by atoms with E-state index in [1.54, 1.807) is 0 Å². The van der Waals surface area contributed by atoms with E-state index in [1.807, 2.05) is 0 Å². The number of aliphatic hydroxyl groups is 1. The molecule has 14 heavy (non-hydrogen) atoms. The summed E-state index contributed by atoms with van der Waals surface area (Å²) >= 11 is 0. The molecule has 1 aliphatic rings. The third-order valence-corrected chi connectivity index (χ3v) is 2.27. The molecule has 0 radical (unpaired) electrons. The minimum absolute atomic E-state index is 0.241. The van der Waals surface area contributed by atoms with E-state index in [1.165, 1.54) is 7.11 Å². The topological polar surface area (TPSA) is 98.8 Å². The van der Waals surface area contributed by atoms with Crippen LogP contribution in [0.4, 0.5) is 4.79 Å². The Labute approximate surface area is 81.0 Å². The van der Waals surface area contributed by atoms with Gasteiger partial charge in [-0.15, -0.1) is 0 Å². The zero-order valence-corrected chi connectivity index (χ0v) is 7.80. The number of nitrogens with two attached hydrogens (primary N) is 1. The summed E-state index contributed by atoms with van der Waals surface area (Å²) in [5, 5.41) is 9.41. The van der Waals surface area contributed by atoms with Crippen LogP contribution in [0.5, 0.6) is 0 Å². The van der Waals surface area contributed by atoms with Gasteiger partial charge in [-0.1, -0.05) is 0 Å². The predicted molar refractivity (Wildman–Crippen MR) is 45.2 cm³/mol. The number of hydrogen-bond donors (Lipinski definition) is 2. The fourth-order valence-electron chi connectivity index (χ4n) is 1.61. The lowest BCUT2D eigenvalue weighted by Crippen LogP contribution is -2.28. The van der Waals surface area contributed by atoms with Gasteiger partial charge in [-0.3, -0.25) is 4.79 Å². The van der Waals surface area contributed by atoms with Gasteiger partial charge in [-0.25, -0.2) is 4.79 Å². The van der Waals surface area contributed by atoms with Crippen LogP contribution in [0.3, 0.4) is 0 Å². The number of rotatable bonds is 2. The Morgan fingerprint density at radius 3 is 2.57 bits per heavy atom. The van der Waals surface area contributed by atoms with E-state index in [0.29, 0.717) is 0 Å². The second kappa shape index (κ2) is 4.28. The van der Waals surface area contributed by atoms with Crippen molar-refractivity contribution in [3.05, 3.63) is 0 Å². The Kier molecular flexibility index (Phi) is 3.29. The first-order chi connectivity index (χ1) is 6.54. The van der Waals surface area contributed by atoms with Gasteiger partial charge in [0, 0.05) is 6.42 Å². The fraction of sp³-hybridized carbons (Fsp3) is 0.750. The van der Waals surface area contributed by atoms with Gasteiger partial charge >= 0.3 is 12.1 Å². The normalized spacial score (nSPS) is 31.1. The molecule has 0 aromatic rings. The minimum atomic E-state index is -0.945. The van der Waals surface area contributed by atoms with E-state index in [4.69, 9.17) is 5.73 Å². The number of amides is 1. The molecule has 1 aliphatic carbocycles. The maximum Gasteiger partial charge on any atom is 0.404 e. The molecular weight excluding hydrogens is 190 g/mol. The summed E-state index contributed by atoms with van der Waals surface area (Å²) in [7, 11) is 1.27. The molecule has 1 saturated carbocycles. The van der Waals surface area contributed by atoms with E-state index in [2.05, 4.69) is 9.47 Å². The first-order valence-corrected chi connectivity index (χ1v) is 4.26. The van der Waals surface area contributed by atoms with Crippen LogP contribution >= 0.6 is 0 Å². The molecule has 80 valence electrons. The summed E-state index contributed by atoms with van der Waals surface area (Å²) in [6, 6.07) is 0. The third-order valence-electron chi connectivity index (χ3n) is 2.27. The number of methoxy groups -OCH3 is 1. The molecule has 6 heteroatoms. The summed E-state index contributed by atoms with van der Waals surface area (Å²) < 4.78 is 9.14. The van der Waals surface area contributed by atoms with Crippen LogP contribution in [0.25, 0.3) is 0 Å². The number of esters is 1. The van der Waals surface area contributed by atoms with Crippen LogP contribution in [0.2, 0.25) is 0 Å². The maximum atomic E-state index is 11.1. The molecule has 0 unspecified atom stereocenters. The van der Waals surface area contributed by atoms with Gasteiger partial charge in [0.2, 0.25) is 0 Å². The fourth-order valence-corrected chi connectivity index (χ4v) is 1.61. The molecule has 1 fully saturated rings. The molecule has 0 saturated heterocycles. The molecule has 0 aromatic heterocycles. The van der Waals surface area contributed by atoms with Crippen molar-refractivity contribution >= 4 is 12.1 Å². The van der Waals surface area contributed by atoms with E-state index in [0.717, 1.165) is 0 Å². The Bertz CT molecular complexity index is 242. The van der Waals surface area contributed by atoms with Crippen molar-refractivity contribution in [3.8, 4) is 0 Å². The van der Waals surface area contributed by atoms with Gasteiger partial charge in [0.25, 0.3) is 0 Å². The largest absolute Gasteiger partial charge is 0.469 e. The van der Waals surface area contributed by atoms with E-state index >= 15 is 0 Å². The molecule has 0 aliphatic heterocycles. The molecule has 0 bridgehead atoms. The number of ether oxygens (including phenoxy) is 2. The smallest absolute Gasteiger partial charge is 0.404 e. The van der Waals surface area contributed by atoms with Crippen LogP contribution < -0.4 is 5.73 Å². The van der Waals surface area contributed by atoms with Crippen molar-refractivity contribution in [1.29, 1.82) is 0 Å². The predicted octanol–water partition coefficient (Wildman–Crippen LogP) is -0.606. The lowest BCUT2D eigenvalue weighted by molar-refractivity contribution is -0.145. The lowest BCUT2D eigenvalue weighted by atomic mass is 10.1. The molecule has 3 atom stereocenters. The third kappa shape index (κ3) is 2.35. The Morgan fingerprint density at radius 2 is 2.07 bits per heavy atom. The van der Waals surface area contributed by atoms with Crippen molar-refractivity contribution in [2.75, 3.05) is 7.11 Å². The number of carbonyl (C=O) groups excluding carboxylic acids is 2. The average Bonchev–Trinajstić information content (AvgIpc) is 2.46. The van der Waals surface area contributed by atoms with Crippen molar-refractivity contribution in [3.63, 3.8) is 0 Å². The van der Waals surface area contributed by atoms with Gasteiger partial charge in [-0.2, -0.15) is 0 Å². The highest BCUT2D eigenvalue weighted by Crippen LogP contribution is 2.29. The minimum Gasteiger partial charge on any atom is -0.469 e. The van der Waals surface area contributed by atoms with Crippen molar-refractivity contribution < 1.29 is 24.2 Å². The number of carbonyl (C=O) groups is 2. The number of aliphatic hydroxyl groups excluding tert-OH is 1. The quantitative estimate of drug-likeness (QED) is 0.583. The summed E-state index contributed by atoms with van der Waals surface area (Å²) in [5.41, 5.74) is 4.80. The SMILES string of the molecule is COC(=O)[C@H]1C[C@H](O)[C@H](OC(N)=O)C1. The Morgan fingerprint density at radius 1 is 1.43 bits per heavy atom. The highest BCUT2D eigenvalue weighted by Gasteiger charge is 2.39. The van der Waals surface area contributed by atoms with E-state index in [9.17, 15) is 14.7 Å². The van der Waals surface area contributed by atoms with Crippen molar-refractivity contribution in [1.82, 2.24) is 0 Å². The van der Waals surface area contributed by atoms with Crippen LogP contribution in [-0.2, 0) is 14.3 Å². The second-order valence-electron chi connectivity index (χ2n) is 3.23. The lowest BCUT2D eigenvalue weighted by Gasteiger charge is -2.12. The van der Waals surface area contributed by atoms with Crippen molar-refractivity contribution in [2.45, 2.75) is 25.0 Å². The van der Waals surface area contributed by atoms with Gasteiger partial charge < -0.3 is 20.3 Å². The zero-order chi connectivity index (χ0) is 10.7. The van der Waals surface area contributed by atoms with E-state index < -0.39 is 30.2 Å². The summed E-state index contributed by atoms with van der Waals surface area (Å²) in [5.74, 6) is -0.820. The van der Waals surface area contributed by atoms with Crippen molar-refractivity contribution in [2.24, 2.45) is 11.7 Å². The Balaban J connectivity index is 2.51. The maximum absolute atomic E-state index is 11.1. The highest BCUT2D eigenvalue weighted by atomic mass is 16.6. The first kappa shape index (κ1) is 10.8. The van der Waals surface area contributed by atoms with Crippen LogP contribution in [0.15, 0.2) is 0 Å². The number of hydrogen-bond acceptors (Lipinski definition) is 5. The molecule has 1 amide bonds. The second-order valence-corrected chi connectivity index (χ2v) is 3.23. The van der Waals surface area contributed by atoms with Crippen LogP contribution in [-0.4, -0.2) is 36.5 Å². The van der Waals surface area contributed by atoms with Crippen LogP contribution in [0.1, 0.15) is 12.8 Å². The summed E-state index contributed by atoms with van der Waals surface area (Å²) in [6.07, 6.45) is -1.98. The van der Waals surface area contributed by atoms with Gasteiger partial charge in [0.15, 0.2) is 0 Å². The first-order valence-electron chi connectivity index (χ1n) is 4.26. The van der Waals surface area contributed by atoms with Gasteiger partial charge in [0.1, 0.15) is 6.10 Å². The molecule has 6 nitrogen and oxygen atoms in total. The molecule has 0 spiro atoms. The molecule has 3 N–H and O–H groups in total. The van der Waals surface area contributed by atoms with E-state index in [-0.39, 0.29) is 12.8 Å². The highest BCUT2D eigenvalue weighted by molar-refractivity contribution is 5.73. The summed E-state index contributed by atoms with van der Waals surface area (Å²) in [6.45, 7) is 0. The van der Waals surface area contributed by atoms with Gasteiger partial charge in [-0.05, 0) is 6.42 Å². The zero-order valence-electron chi connectivity index (χ0n) is 7.80. The number of primary amides is 1. The van der Waals surface area contributed by atoms with Gasteiger partial charge in [0.05, 0.1) is 19.1 Å². The monoisotopic (exact) mass is 203 g/mol. The standard InChI is InChI=1S/C8H13NO5/c1-13-7(11)4-2-5(10)6(3-4)14-8(9)12/h4-6,10H,2-3H2,1H3,(H2,9,12)/t4-,5-,6+/m0/s1. The molecule has 0 heterocycles. The molecular formula is C8H13NO5. The van der Waals surface area contributed by atoms with Crippen LogP contribution in [0, 0.1) is 5.92 Å². The average molecular weight is 203 g/mol. The molecule has 0 aromatic carbocycles. The Hall–Kier alpha value is -1.30.